The molecule has 41 heavy (non-hydrogen) atoms. The molecule has 0 radical (unpaired) electrons. The molecule has 0 bridgehead atoms. The van der Waals surface area contributed by atoms with Crippen molar-refractivity contribution in [2.45, 2.75) is 48.6 Å². The van der Waals surface area contributed by atoms with Crippen molar-refractivity contribution in [2.75, 3.05) is 26.2 Å². The fraction of sp³-hybridized carbons (Fsp3) is 0.485. The normalized spacial score (nSPS) is 36.1. The third-order valence-electron chi connectivity index (χ3n) is 10.5. The number of piperidine rings is 2. The van der Waals surface area contributed by atoms with Crippen LogP contribution in [0, 0.1) is 23.7 Å². The van der Waals surface area contributed by atoms with Gasteiger partial charge in [0.1, 0.15) is 17.4 Å². The fourth-order valence-electron chi connectivity index (χ4n) is 8.68. The highest BCUT2D eigenvalue weighted by Crippen LogP contribution is 2.70. The van der Waals surface area contributed by atoms with Gasteiger partial charge in [-0.15, -0.1) is 0 Å². The van der Waals surface area contributed by atoms with Gasteiger partial charge in [-0.1, -0.05) is 68.6 Å². The lowest BCUT2D eigenvalue weighted by Gasteiger charge is -2.60. The molecule has 1 saturated carbocycles. The number of benzene rings is 2. The Morgan fingerprint density at radius 1 is 0.634 bits per heavy atom. The van der Waals surface area contributed by atoms with Crippen LogP contribution < -0.4 is 10.6 Å². The second-order valence-corrected chi connectivity index (χ2v) is 15.3. The van der Waals surface area contributed by atoms with Crippen molar-refractivity contribution >= 4 is 19.5 Å². The molecule has 4 aliphatic heterocycles. The summed E-state index contributed by atoms with van der Waals surface area (Å²) in [4.78, 5) is 43.5. The number of ketones is 2. The predicted molar refractivity (Wildman–Crippen MR) is 160 cm³/mol. The van der Waals surface area contributed by atoms with Gasteiger partial charge in [-0.25, -0.2) is 15.0 Å². The van der Waals surface area contributed by atoms with E-state index >= 15 is 0 Å². The highest BCUT2D eigenvalue weighted by molar-refractivity contribution is 7.60. The summed E-state index contributed by atoms with van der Waals surface area (Å²) in [6.07, 6.45) is 3.36. The average molecular weight is 566 g/mol. The van der Waals surface area contributed by atoms with Crippen molar-refractivity contribution in [3.8, 4) is 22.8 Å². The van der Waals surface area contributed by atoms with E-state index in [2.05, 4.69) is 10.6 Å². The van der Waals surface area contributed by atoms with Crippen LogP contribution in [0.3, 0.4) is 0 Å². The van der Waals surface area contributed by atoms with Crippen molar-refractivity contribution in [3.63, 3.8) is 0 Å². The number of rotatable bonds is 3. The summed E-state index contributed by atoms with van der Waals surface area (Å²) in [7, 11) is -0.440. The molecule has 0 spiro atoms. The number of hydrogen-bond donors (Lipinski definition) is 2. The van der Waals surface area contributed by atoms with Gasteiger partial charge in [0.25, 0.3) is 0 Å². The molecule has 1 aliphatic carbocycles. The Morgan fingerprint density at radius 3 is 1.61 bits per heavy atom. The van der Waals surface area contributed by atoms with Crippen LogP contribution in [0.4, 0.5) is 0 Å². The molecule has 8 rings (SSSR count). The van der Waals surface area contributed by atoms with Gasteiger partial charge in [0.05, 0.1) is 0 Å². The van der Waals surface area contributed by atoms with Gasteiger partial charge in [-0.2, -0.15) is 0 Å². The largest absolute Gasteiger partial charge is 0.316 e. The van der Waals surface area contributed by atoms with E-state index in [0.29, 0.717) is 34.5 Å². The van der Waals surface area contributed by atoms with Gasteiger partial charge >= 0.3 is 0 Å². The van der Waals surface area contributed by atoms with E-state index in [-0.39, 0.29) is 35.2 Å². The predicted octanol–water partition coefficient (Wildman–Crippen LogP) is 4.29. The molecule has 0 amide bonds. The van der Waals surface area contributed by atoms with Gasteiger partial charge in [0.2, 0.25) is 0 Å². The molecular weight excluding hydrogens is 529 g/mol. The summed E-state index contributed by atoms with van der Waals surface area (Å²) in [5.74, 6) is 3.00. The van der Waals surface area contributed by atoms with E-state index in [1.807, 2.05) is 60.7 Å². The number of aromatic nitrogens is 3. The Kier molecular flexibility index (Phi) is 6.58. The van der Waals surface area contributed by atoms with E-state index in [1.165, 1.54) is 0 Å². The first kappa shape index (κ1) is 25.8. The monoisotopic (exact) mass is 565 g/mol. The molecule has 8 heteroatoms. The van der Waals surface area contributed by atoms with Crippen molar-refractivity contribution in [3.05, 3.63) is 66.5 Å². The number of hydrogen-bond acceptors (Lipinski definition) is 7. The maximum atomic E-state index is 14.2. The Bertz CT molecular complexity index is 1370. The van der Waals surface area contributed by atoms with Crippen molar-refractivity contribution < 1.29 is 9.59 Å². The number of nitrogens with zero attached hydrogens (tertiary/aromatic N) is 3. The summed E-state index contributed by atoms with van der Waals surface area (Å²) in [6.45, 7) is 3.71. The molecule has 5 fully saturated rings. The molecule has 5 heterocycles. The third kappa shape index (κ3) is 4.31. The lowest BCUT2D eigenvalue weighted by molar-refractivity contribution is -0.134. The van der Waals surface area contributed by atoms with Gasteiger partial charge < -0.3 is 10.6 Å². The van der Waals surface area contributed by atoms with Crippen LogP contribution in [0.25, 0.3) is 22.8 Å². The zero-order valence-electron chi connectivity index (χ0n) is 23.2. The molecule has 2 aromatic carbocycles. The standard InChI is InChI=1S/C33H36N5O2P/c39-28-22-11-13-34-17-26(22)41-27-18-35-14-12-23(27)29(40)25-16-21(15-24(28)30(25)41)33-37-31(19-7-3-1-4-8-19)36-32(38-33)20-9-5-2-6-10-20/h1-10,21-27,30,34-35H,11-18H2. The van der Waals surface area contributed by atoms with E-state index in [9.17, 15) is 9.59 Å². The molecule has 7 nitrogen and oxygen atoms in total. The Labute approximate surface area is 242 Å². The first-order valence-corrected chi connectivity index (χ1v) is 16.9. The van der Waals surface area contributed by atoms with Crippen molar-refractivity contribution in [2.24, 2.45) is 23.7 Å². The second kappa shape index (κ2) is 10.4. The lowest BCUT2D eigenvalue weighted by atomic mass is 9.66. The van der Waals surface area contributed by atoms with Gasteiger partial charge in [-0.3, -0.25) is 9.59 Å². The fourth-order valence-corrected chi connectivity index (χ4v) is 13.5. The maximum absolute atomic E-state index is 14.2. The molecule has 2 N–H and O–H groups in total. The minimum Gasteiger partial charge on any atom is -0.316 e. The Morgan fingerprint density at radius 2 is 1.12 bits per heavy atom. The van der Waals surface area contributed by atoms with Gasteiger partial charge in [0, 0.05) is 65.1 Å². The number of carbonyl (C=O) groups excluding carboxylic acids is 2. The van der Waals surface area contributed by atoms with Gasteiger partial charge in [0.15, 0.2) is 11.6 Å². The van der Waals surface area contributed by atoms with Crippen LogP contribution in [0.1, 0.15) is 37.4 Å². The SMILES string of the molecule is O=C1C2CCNCC2P2C3CNCCC3C(=O)C3CC(c4nc(-c5ccccc5)nc(-c5ccccc5)n4)CC1C32. The maximum Gasteiger partial charge on any atom is 0.163 e. The molecular formula is C33H36N5O2P. The van der Waals surface area contributed by atoms with Crippen LogP contribution in [0.5, 0.6) is 0 Å². The molecule has 6 unspecified atom stereocenters. The Balaban J connectivity index is 1.22. The summed E-state index contributed by atoms with van der Waals surface area (Å²) in [6, 6.07) is 20.1. The minimum absolute atomic E-state index is 0.0320. The molecule has 6 atom stereocenters. The number of Topliss-reactive ketones (excluding diaryl/α,β-unsaturated/α-hetero) is 2. The number of carbonyl (C=O) groups is 2. The topological polar surface area (TPSA) is 96.9 Å². The van der Waals surface area contributed by atoms with Crippen molar-refractivity contribution in [1.82, 2.24) is 25.6 Å². The first-order valence-electron chi connectivity index (χ1n) is 15.3. The van der Waals surface area contributed by atoms with E-state index in [0.717, 1.165) is 68.8 Å². The highest BCUT2D eigenvalue weighted by atomic mass is 31.1. The summed E-state index contributed by atoms with van der Waals surface area (Å²) >= 11 is 0. The van der Waals surface area contributed by atoms with Crippen LogP contribution in [0.15, 0.2) is 60.7 Å². The summed E-state index contributed by atoms with van der Waals surface area (Å²) in [5.41, 5.74) is 2.94. The molecule has 5 aliphatic rings. The summed E-state index contributed by atoms with van der Waals surface area (Å²) < 4.78 is 0. The van der Waals surface area contributed by atoms with E-state index < -0.39 is 7.92 Å². The second-order valence-electron chi connectivity index (χ2n) is 12.5. The smallest absolute Gasteiger partial charge is 0.163 e. The molecule has 210 valence electrons. The number of fused-ring (bicyclic) bond motifs is 4. The summed E-state index contributed by atoms with van der Waals surface area (Å²) in [5, 5.41) is 7.24. The molecule has 1 aromatic heterocycles. The zero-order chi connectivity index (χ0) is 27.5. The van der Waals surface area contributed by atoms with Crippen LogP contribution in [0.2, 0.25) is 0 Å². The van der Waals surface area contributed by atoms with E-state index in [1.54, 1.807) is 0 Å². The minimum atomic E-state index is -0.440. The quantitative estimate of drug-likeness (QED) is 0.458. The first-order chi connectivity index (χ1) is 20.2. The van der Waals surface area contributed by atoms with E-state index in [4.69, 9.17) is 15.0 Å². The average Bonchev–Trinajstić information content (AvgIpc) is 3.05. The van der Waals surface area contributed by atoms with Gasteiger partial charge in [-0.05, 0) is 44.4 Å². The number of nitrogens with one attached hydrogen (secondary N) is 2. The lowest BCUT2D eigenvalue weighted by Crippen LogP contribution is -2.63. The van der Waals surface area contributed by atoms with Crippen molar-refractivity contribution in [1.29, 1.82) is 0 Å². The Hall–Kier alpha value is -2.86. The van der Waals surface area contributed by atoms with Crippen LogP contribution in [-0.4, -0.2) is 69.7 Å². The molecule has 3 aromatic rings. The highest BCUT2D eigenvalue weighted by Gasteiger charge is 2.62. The molecule has 4 saturated heterocycles. The van der Waals surface area contributed by atoms with Crippen LogP contribution >= 0.6 is 7.92 Å². The third-order valence-corrected chi connectivity index (χ3v) is 14.5. The zero-order valence-corrected chi connectivity index (χ0v) is 24.0. The van der Waals surface area contributed by atoms with Crippen LogP contribution in [-0.2, 0) is 9.59 Å².